The van der Waals surface area contributed by atoms with Crippen LogP contribution in [0.2, 0.25) is 0 Å². The van der Waals surface area contributed by atoms with Crippen LogP contribution >= 0.6 is 11.8 Å². The van der Waals surface area contributed by atoms with Crippen LogP contribution in [0.25, 0.3) is 0 Å². The van der Waals surface area contributed by atoms with Gasteiger partial charge < -0.3 is 9.88 Å². The summed E-state index contributed by atoms with van der Waals surface area (Å²) in [5.74, 6) is -0.239. The van der Waals surface area contributed by atoms with Crippen molar-refractivity contribution in [3.05, 3.63) is 46.9 Å². The molecule has 0 saturated heterocycles. The molecular formula is C14H16N4O4S2. The first-order valence-electron chi connectivity index (χ1n) is 6.92. The molecule has 1 amide bonds. The molecule has 2 aromatic rings. The largest absolute Gasteiger partial charge is 0.328 e. The van der Waals surface area contributed by atoms with Crippen LogP contribution in [0.4, 0.5) is 5.69 Å². The van der Waals surface area contributed by atoms with Gasteiger partial charge in [-0.3, -0.25) is 9.59 Å². The van der Waals surface area contributed by atoms with Crippen molar-refractivity contribution < 1.29 is 13.2 Å². The van der Waals surface area contributed by atoms with Crippen molar-refractivity contribution in [2.45, 2.75) is 23.5 Å². The predicted molar refractivity (Wildman–Crippen MR) is 91.3 cm³/mol. The zero-order chi connectivity index (χ0) is 17.7. The monoisotopic (exact) mass is 368 g/mol. The summed E-state index contributed by atoms with van der Waals surface area (Å²) in [6.45, 7) is 2.54. The van der Waals surface area contributed by atoms with Gasteiger partial charge in [-0.05, 0) is 31.2 Å². The molecule has 1 aromatic heterocycles. The number of hydrogen-bond acceptors (Lipinski definition) is 6. The molecular weight excluding hydrogens is 352 g/mol. The van der Waals surface area contributed by atoms with E-state index in [2.05, 4.69) is 10.3 Å². The fourth-order valence-corrected chi connectivity index (χ4v) is 3.18. The van der Waals surface area contributed by atoms with Gasteiger partial charge in [-0.2, -0.15) is 4.98 Å². The van der Waals surface area contributed by atoms with Gasteiger partial charge in [0.15, 0.2) is 5.16 Å². The Morgan fingerprint density at radius 3 is 2.54 bits per heavy atom. The molecule has 1 aromatic carbocycles. The number of sulfonamides is 1. The minimum Gasteiger partial charge on any atom is -0.328 e. The number of aromatic nitrogens is 2. The lowest BCUT2D eigenvalue weighted by Crippen LogP contribution is -2.17. The summed E-state index contributed by atoms with van der Waals surface area (Å²) >= 11 is 1.14. The van der Waals surface area contributed by atoms with Gasteiger partial charge in [-0.15, -0.1) is 0 Å². The van der Waals surface area contributed by atoms with E-state index in [-0.39, 0.29) is 22.1 Å². The molecule has 0 aliphatic carbocycles. The predicted octanol–water partition coefficient (Wildman–Crippen LogP) is 0.641. The van der Waals surface area contributed by atoms with Crippen LogP contribution in [-0.4, -0.2) is 29.6 Å². The third-order valence-corrected chi connectivity index (χ3v) is 4.91. The van der Waals surface area contributed by atoms with E-state index in [1.54, 1.807) is 10.8 Å². The number of rotatable bonds is 6. The summed E-state index contributed by atoms with van der Waals surface area (Å²) in [4.78, 5) is 27.1. The van der Waals surface area contributed by atoms with Crippen molar-refractivity contribution in [3.63, 3.8) is 0 Å². The number of aryl methyl sites for hydroxylation is 1. The van der Waals surface area contributed by atoms with E-state index in [4.69, 9.17) is 5.14 Å². The molecule has 8 nitrogen and oxygen atoms in total. The lowest BCUT2D eigenvalue weighted by Gasteiger charge is -2.09. The fraction of sp³-hybridized carbons (Fsp3) is 0.214. The Balaban J connectivity index is 1.99. The van der Waals surface area contributed by atoms with Gasteiger partial charge in [0.2, 0.25) is 15.9 Å². The highest BCUT2D eigenvalue weighted by Crippen LogP contribution is 2.16. The first kappa shape index (κ1) is 18.2. The maximum atomic E-state index is 12.0. The van der Waals surface area contributed by atoms with Crippen LogP contribution in [0.1, 0.15) is 6.92 Å². The SMILES string of the molecule is CCn1ccc(=O)nc1SCC(=O)Nc1ccc(S(N)(=O)=O)cc1. The maximum absolute atomic E-state index is 12.0. The first-order valence-corrected chi connectivity index (χ1v) is 9.46. The molecule has 0 bridgehead atoms. The smallest absolute Gasteiger partial charge is 0.273 e. The number of benzene rings is 1. The summed E-state index contributed by atoms with van der Waals surface area (Å²) in [5.41, 5.74) is 0.0862. The maximum Gasteiger partial charge on any atom is 0.273 e. The van der Waals surface area contributed by atoms with Crippen LogP contribution in [0.3, 0.4) is 0 Å². The van der Waals surface area contributed by atoms with E-state index in [1.165, 1.54) is 30.3 Å². The van der Waals surface area contributed by atoms with Crippen molar-refractivity contribution in [1.82, 2.24) is 9.55 Å². The summed E-state index contributed by atoms with van der Waals surface area (Å²) in [6.07, 6.45) is 1.63. The molecule has 0 unspecified atom stereocenters. The van der Waals surface area contributed by atoms with Crippen LogP contribution < -0.4 is 16.0 Å². The van der Waals surface area contributed by atoms with E-state index in [9.17, 15) is 18.0 Å². The molecule has 3 N–H and O–H groups in total. The number of carbonyl (C=O) groups excluding carboxylic acids is 1. The quantitative estimate of drug-likeness (QED) is 0.569. The number of hydrogen-bond donors (Lipinski definition) is 2. The fourth-order valence-electron chi connectivity index (χ4n) is 1.82. The second-order valence-corrected chi connectivity index (χ2v) is 7.24. The molecule has 0 fully saturated rings. The van der Waals surface area contributed by atoms with E-state index < -0.39 is 10.0 Å². The summed E-state index contributed by atoms with van der Waals surface area (Å²) in [6, 6.07) is 6.88. The van der Waals surface area contributed by atoms with E-state index in [0.29, 0.717) is 17.4 Å². The minimum absolute atomic E-state index is 0.0321. The van der Waals surface area contributed by atoms with E-state index in [1.807, 2.05) is 6.92 Å². The molecule has 128 valence electrons. The first-order chi connectivity index (χ1) is 11.3. The minimum atomic E-state index is -3.76. The topological polar surface area (TPSA) is 124 Å². The lowest BCUT2D eigenvalue weighted by molar-refractivity contribution is -0.113. The molecule has 0 aliphatic rings. The number of anilines is 1. The molecule has 0 radical (unpaired) electrons. The third-order valence-electron chi connectivity index (χ3n) is 2.99. The Labute approximate surface area is 143 Å². The number of carbonyl (C=O) groups is 1. The Bertz CT molecular complexity index is 892. The van der Waals surface area contributed by atoms with Gasteiger partial charge in [0, 0.05) is 24.5 Å². The van der Waals surface area contributed by atoms with Crippen molar-refractivity contribution in [2.24, 2.45) is 5.14 Å². The Hall–Kier alpha value is -2.17. The van der Waals surface area contributed by atoms with Crippen LogP contribution in [0.15, 0.2) is 51.4 Å². The van der Waals surface area contributed by atoms with Crippen molar-refractivity contribution in [2.75, 3.05) is 11.1 Å². The molecule has 1 heterocycles. The Morgan fingerprint density at radius 1 is 1.29 bits per heavy atom. The second-order valence-electron chi connectivity index (χ2n) is 4.74. The Kier molecular flexibility index (Phi) is 5.75. The highest BCUT2D eigenvalue weighted by atomic mass is 32.2. The van der Waals surface area contributed by atoms with Crippen molar-refractivity contribution >= 4 is 33.4 Å². The van der Waals surface area contributed by atoms with Crippen LogP contribution in [0.5, 0.6) is 0 Å². The Morgan fingerprint density at radius 2 is 1.96 bits per heavy atom. The molecule has 0 spiro atoms. The van der Waals surface area contributed by atoms with Crippen molar-refractivity contribution in [1.29, 1.82) is 0 Å². The molecule has 24 heavy (non-hydrogen) atoms. The number of primary sulfonamides is 1. The second kappa shape index (κ2) is 7.60. The van der Waals surface area contributed by atoms with E-state index in [0.717, 1.165) is 11.8 Å². The average molecular weight is 368 g/mol. The highest BCUT2D eigenvalue weighted by Gasteiger charge is 2.10. The van der Waals surface area contributed by atoms with Gasteiger partial charge in [-0.25, -0.2) is 13.6 Å². The average Bonchev–Trinajstić information content (AvgIpc) is 2.53. The normalized spacial score (nSPS) is 11.2. The lowest BCUT2D eigenvalue weighted by atomic mass is 10.3. The molecule has 0 atom stereocenters. The molecule has 0 aliphatic heterocycles. The number of nitrogens with two attached hydrogens (primary N) is 1. The molecule has 10 heteroatoms. The van der Waals surface area contributed by atoms with Gasteiger partial charge in [0.05, 0.1) is 10.6 Å². The summed E-state index contributed by atoms with van der Waals surface area (Å²) < 4.78 is 24.1. The van der Waals surface area contributed by atoms with E-state index >= 15 is 0 Å². The standard InChI is InChI=1S/C14H16N4O4S2/c1-2-18-8-7-12(19)17-14(18)23-9-13(20)16-10-3-5-11(6-4-10)24(15,21)22/h3-8H,2,9H2,1H3,(H,16,20)(H2,15,21,22). The zero-order valence-corrected chi connectivity index (χ0v) is 14.4. The number of amides is 1. The highest BCUT2D eigenvalue weighted by molar-refractivity contribution is 7.99. The third kappa shape index (κ3) is 4.91. The number of nitrogens with zero attached hydrogens (tertiary/aromatic N) is 2. The number of nitrogens with one attached hydrogen (secondary N) is 1. The van der Waals surface area contributed by atoms with Crippen molar-refractivity contribution in [3.8, 4) is 0 Å². The van der Waals surface area contributed by atoms with Gasteiger partial charge >= 0.3 is 0 Å². The number of thioether (sulfide) groups is 1. The van der Waals surface area contributed by atoms with Gasteiger partial charge in [0.1, 0.15) is 0 Å². The van der Waals surface area contributed by atoms with Crippen LogP contribution in [0, 0.1) is 0 Å². The molecule has 0 saturated carbocycles. The van der Waals surface area contributed by atoms with Gasteiger partial charge in [-0.1, -0.05) is 11.8 Å². The van der Waals surface area contributed by atoms with Gasteiger partial charge in [0.25, 0.3) is 5.56 Å². The summed E-state index contributed by atoms with van der Waals surface area (Å²) in [7, 11) is -3.76. The zero-order valence-electron chi connectivity index (χ0n) is 12.8. The van der Waals surface area contributed by atoms with Crippen LogP contribution in [-0.2, 0) is 21.4 Å². The molecule has 2 rings (SSSR count). The summed E-state index contributed by atoms with van der Waals surface area (Å²) in [5, 5.41) is 8.10.